The lowest BCUT2D eigenvalue weighted by Gasteiger charge is -2.27. The van der Waals surface area contributed by atoms with E-state index in [-0.39, 0.29) is 0 Å². The lowest BCUT2D eigenvalue weighted by molar-refractivity contribution is 0.409. The highest BCUT2D eigenvalue weighted by atomic mass is 35.5. The van der Waals surface area contributed by atoms with E-state index in [1.165, 1.54) is 0 Å². The van der Waals surface area contributed by atoms with Crippen molar-refractivity contribution in [2.45, 2.75) is 44.3 Å². The summed E-state index contributed by atoms with van der Waals surface area (Å²) in [7, 11) is 0. The molecule has 6 heteroatoms. The molecular weight excluding hydrogens is 367 g/mol. The average molecular weight is 389 g/mol. The minimum Gasteiger partial charge on any atom is -0.353 e. The number of hydrogen-bond acceptors (Lipinski definition) is 3. The van der Waals surface area contributed by atoms with Crippen LogP contribution in [0.3, 0.4) is 0 Å². The Hall–Kier alpha value is -1.75. The first-order valence-electron chi connectivity index (χ1n) is 9.01. The smallest absolute Gasteiger partial charge is 0.204 e. The standard InChI is InChI=1S/C20H22Cl2N4/c21-14-5-10-17(22)13(11-14)12-26-19-4-2-1-3-18(19)25-20(26)24-16-8-6-15(23)7-9-16/h1-5,10-11,15-16H,6-9,12,23H2,(H,24,25). The van der Waals surface area contributed by atoms with Crippen LogP contribution in [-0.4, -0.2) is 21.6 Å². The molecule has 4 nitrogen and oxygen atoms in total. The molecule has 0 amide bonds. The number of nitrogens with one attached hydrogen (secondary N) is 1. The van der Waals surface area contributed by atoms with Crippen molar-refractivity contribution in [3.63, 3.8) is 0 Å². The Morgan fingerprint density at radius 1 is 1.08 bits per heavy atom. The number of anilines is 1. The highest BCUT2D eigenvalue weighted by Crippen LogP contribution is 2.28. The van der Waals surface area contributed by atoms with E-state index in [2.05, 4.69) is 16.0 Å². The fourth-order valence-electron chi connectivity index (χ4n) is 3.63. The van der Waals surface area contributed by atoms with Gasteiger partial charge in [0.25, 0.3) is 0 Å². The van der Waals surface area contributed by atoms with Crippen LogP contribution in [0.15, 0.2) is 42.5 Å². The molecule has 0 atom stereocenters. The van der Waals surface area contributed by atoms with E-state index in [0.29, 0.717) is 28.7 Å². The molecule has 1 aromatic heterocycles. The van der Waals surface area contributed by atoms with Gasteiger partial charge in [-0.1, -0.05) is 35.3 Å². The first kappa shape index (κ1) is 17.7. The summed E-state index contributed by atoms with van der Waals surface area (Å²) in [5, 5.41) is 5.03. The number of rotatable bonds is 4. The van der Waals surface area contributed by atoms with Crippen LogP contribution in [0.4, 0.5) is 5.95 Å². The van der Waals surface area contributed by atoms with Crippen LogP contribution in [0, 0.1) is 0 Å². The van der Waals surface area contributed by atoms with E-state index in [9.17, 15) is 0 Å². The molecule has 1 fully saturated rings. The molecule has 0 radical (unpaired) electrons. The van der Waals surface area contributed by atoms with Crippen LogP contribution in [0.5, 0.6) is 0 Å². The summed E-state index contributed by atoms with van der Waals surface area (Å²) < 4.78 is 2.18. The van der Waals surface area contributed by atoms with Gasteiger partial charge in [-0.2, -0.15) is 0 Å². The lowest BCUT2D eigenvalue weighted by Crippen LogP contribution is -2.33. The van der Waals surface area contributed by atoms with Crippen LogP contribution in [-0.2, 0) is 6.54 Å². The maximum Gasteiger partial charge on any atom is 0.204 e. The van der Waals surface area contributed by atoms with Crippen LogP contribution in [0.2, 0.25) is 10.0 Å². The zero-order chi connectivity index (χ0) is 18.1. The monoisotopic (exact) mass is 388 g/mol. The predicted molar refractivity (Wildman–Crippen MR) is 109 cm³/mol. The maximum absolute atomic E-state index is 6.40. The number of benzene rings is 2. The fourth-order valence-corrected chi connectivity index (χ4v) is 4.00. The normalized spacial score (nSPS) is 20.4. The van der Waals surface area contributed by atoms with Crippen molar-refractivity contribution in [1.82, 2.24) is 9.55 Å². The minimum absolute atomic E-state index is 0.331. The molecule has 3 N–H and O–H groups in total. The van der Waals surface area contributed by atoms with Crippen molar-refractivity contribution in [2.24, 2.45) is 5.73 Å². The van der Waals surface area contributed by atoms with E-state index in [1.807, 2.05) is 36.4 Å². The third-order valence-corrected chi connectivity index (χ3v) is 5.70. The van der Waals surface area contributed by atoms with Crippen molar-refractivity contribution in [1.29, 1.82) is 0 Å². The van der Waals surface area contributed by atoms with Crippen molar-refractivity contribution in [2.75, 3.05) is 5.32 Å². The maximum atomic E-state index is 6.40. The second-order valence-electron chi connectivity index (χ2n) is 7.00. The zero-order valence-corrected chi connectivity index (χ0v) is 16.0. The Labute approximate surface area is 163 Å². The largest absolute Gasteiger partial charge is 0.353 e. The van der Waals surface area contributed by atoms with Gasteiger partial charge in [-0.3, -0.25) is 0 Å². The quantitative estimate of drug-likeness (QED) is 0.655. The molecule has 1 aliphatic rings. The van der Waals surface area contributed by atoms with Gasteiger partial charge in [0.15, 0.2) is 0 Å². The van der Waals surface area contributed by atoms with Crippen molar-refractivity contribution in [3.05, 3.63) is 58.1 Å². The number of aromatic nitrogens is 2. The van der Waals surface area contributed by atoms with Crippen molar-refractivity contribution in [3.8, 4) is 0 Å². The summed E-state index contributed by atoms with van der Waals surface area (Å²) in [6.45, 7) is 0.620. The predicted octanol–water partition coefficient (Wildman–Crippen LogP) is 5.07. The number of hydrogen-bond donors (Lipinski definition) is 2. The molecule has 0 spiro atoms. The fraction of sp³-hybridized carbons (Fsp3) is 0.350. The van der Waals surface area contributed by atoms with Gasteiger partial charge in [-0.25, -0.2) is 4.98 Å². The Morgan fingerprint density at radius 2 is 1.85 bits per heavy atom. The van der Waals surface area contributed by atoms with Gasteiger partial charge in [-0.05, 0) is 61.6 Å². The Kier molecular flexibility index (Phi) is 5.07. The minimum atomic E-state index is 0.331. The van der Waals surface area contributed by atoms with Crippen molar-refractivity contribution >= 4 is 40.2 Å². The van der Waals surface area contributed by atoms with Crippen LogP contribution < -0.4 is 11.1 Å². The Balaban J connectivity index is 1.68. The lowest BCUT2D eigenvalue weighted by atomic mass is 9.92. The summed E-state index contributed by atoms with van der Waals surface area (Å²) >= 11 is 12.6. The van der Waals surface area contributed by atoms with Crippen LogP contribution in [0.1, 0.15) is 31.2 Å². The first-order valence-corrected chi connectivity index (χ1v) is 9.77. The summed E-state index contributed by atoms with van der Waals surface area (Å²) in [6, 6.07) is 14.5. The van der Waals surface area contributed by atoms with Crippen LogP contribution in [0.25, 0.3) is 11.0 Å². The molecule has 26 heavy (non-hydrogen) atoms. The molecule has 0 bridgehead atoms. The third kappa shape index (κ3) is 3.68. The van der Waals surface area contributed by atoms with Gasteiger partial charge in [0.1, 0.15) is 0 Å². The molecule has 1 aliphatic carbocycles. The second kappa shape index (κ2) is 7.47. The molecule has 1 heterocycles. The summed E-state index contributed by atoms with van der Waals surface area (Å²) in [4.78, 5) is 4.82. The highest BCUT2D eigenvalue weighted by molar-refractivity contribution is 6.33. The summed E-state index contributed by atoms with van der Waals surface area (Å²) in [6.07, 6.45) is 4.25. The molecule has 4 rings (SSSR count). The molecule has 136 valence electrons. The van der Waals surface area contributed by atoms with Gasteiger partial charge in [-0.15, -0.1) is 0 Å². The first-order chi connectivity index (χ1) is 12.6. The van der Waals surface area contributed by atoms with Gasteiger partial charge in [0.05, 0.1) is 17.6 Å². The molecule has 2 aromatic carbocycles. The number of halogens is 2. The number of imidazole rings is 1. The Morgan fingerprint density at radius 3 is 2.65 bits per heavy atom. The van der Waals surface area contributed by atoms with E-state index in [1.54, 1.807) is 0 Å². The number of para-hydroxylation sites is 2. The molecule has 0 unspecified atom stereocenters. The number of nitrogens with two attached hydrogens (primary N) is 1. The zero-order valence-electron chi connectivity index (χ0n) is 14.5. The second-order valence-corrected chi connectivity index (χ2v) is 7.85. The average Bonchev–Trinajstić information content (AvgIpc) is 2.97. The summed E-state index contributed by atoms with van der Waals surface area (Å²) in [5.74, 6) is 0.878. The van der Waals surface area contributed by atoms with Crippen LogP contribution >= 0.6 is 23.2 Å². The molecule has 0 aliphatic heterocycles. The van der Waals surface area contributed by atoms with Gasteiger partial charge >= 0.3 is 0 Å². The SMILES string of the molecule is NC1CCC(Nc2nc3ccccc3n2Cc2cc(Cl)ccc2Cl)CC1. The van der Waals surface area contributed by atoms with Gasteiger partial charge < -0.3 is 15.6 Å². The number of fused-ring (bicyclic) bond motifs is 1. The third-order valence-electron chi connectivity index (χ3n) is 5.10. The van der Waals surface area contributed by atoms with Gasteiger partial charge in [0, 0.05) is 22.1 Å². The van der Waals surface area contributed by atoms with Gasteiger partial charge in [0.2, 0.25) is 5.95 Å². The molecule has 3 aromatic rings. The highest BCUT2D eigenvalue weighted by Gasteiger charge is 2.21. The van der Waals surface area contributed by atoms with E-state index >= 15 is 0 Å². The Bertz CT molecular complexity index is 913. The van der Waals surface area contributed by atoms with E-state index < -0.39 is 0 Å². The molecule has 1 saturated carbocycles. The van der Waals surface area contributed by atoms with Crippen molar-refractivity contribution < 1.29 is 0 Å². The molecule has 0 saturated heterocycles. The molecular formula is C20H22Cl2N4. The topological polar surface area (TPSA) is 55.9 Å². The van der Waals surface area contributed by atoms with E-state index in [4.69, 9.17) is 33.9 Å². The summed E-state index contributed by atoms with van der Waals surface area (Å²) in [5.41, 5.74) is 9.08. The van der Waals surface area contributed by atoms with E-state index in [0.717, 1.165) is 48.2 Å². The number of nitrogens with zero attached hydrogens (tertiary/aromatic N) is 2.